The van der Waals surface area contributed by atoms with Crippen molar-refractivity contribution in [3.8, 4) is 0 Å². The molecule has 0 spiro atoms. The first-order valence-corrected chi connectivity index (χ1v) is 3.11. The van der Waals surface area contributed by atoms with Crippen LogP contribution in [0, 0.1) is 0 Å². The van der Waals surface area contributed by atoms with Crippen LogP contribution in [-0.2, 0) is 4.74 Å². The molecule has 0 heterocycles. The summed E-state index contributed by atoms with van der Waals surface area (Å²) in [6.07, 6.45) is 3.80. The van der Waals surface area contributed by atoms with Crippen molar-refractivity contribution in [1.82, 2.24) is 0 Å². The fraction of sp³-hybridized carbons (Fsp3) is 0.500. The maximum Gasteiger partial charge on any atom is 0.0678 e. The van der Waals surface area contributed by atoms with Crippen LogP contribution in [0.15, 0.2) is 24.3 Å². The van der Waals surface area contributed by atoms with Gasteiger partial charge in [0.2, 0.25) is 0 Å². The third kappa shape index (κ3) is 5.31. The van der Waals surface area contributed by atoms with Crippen LogP contribution in [0.25, 0.3) is 0 Å². The topological polar surface area (TPSA) is 9.23 Å². The van der Waals surface area contributed by atoms with E-state index in [9.17, 15) is 0 Å². The molecular formula is C8H14O. The predicted octanol–water partition coefficient (Wildman–Crippen LogP) is 2.16. The van der Waals surface area contributed by atoms with Crippen molar-refractivity contribution in [2.75, 3.05) is 13.2 Å². The minimum Gasteiger partial charge on any atom is -0.373 e. The number of hydrogen-bond acceptors (Lipinski definition) is 1. The maximum atomic E-state index is 5.15. The normalized spacial score (nSPS) is 11.6. The first kappa shape index (κ1) is 8.44. The highest BCUT2D eigenvalue weighted by atomic mass is 16.5. The van der Waals surface area contributed by atoms with Crippen LogP contribution in [0.5, 0.6) is 0 Å². The number of hydrogen-bond donors (Lipinski definition) is 0. The van der Waals surface area contributed by atoms with Crippen molar-refractivity contribution in [3.63, 3.8) is 0 Å². The molecule has 0 N–H and O–H groups in total. The molecule has 0 saturated heterocycles. The van der Waals surface area contributed by atoms with Gasteiger partial charge in [-0.1, -0.05) is 17.7 Å². The van der Waals surface area contributed by atoms with E-state index in [1.165, 1.54) is 5.57 Å². The molecule has 0 saturated carbocycles. The Morgan fingerprint density at radius 1 is 1.67 bits per heavy atom. The quantitative estimate of drug-likeness (QED) is 0.414. The summed E-state index contributed by atoms with van der Waals surface area (Å²) in [7, 11) is 0. The summed E-state index contributed by atoms with van der Waals surface area (Å²) in [4.78, 5) is 0. The van der Waals surface area contributed by atoms with E-state index >= 15 is 0 Å². The highest BCUT2D eigenvalue weighted by Gasteiger charge is 1.83. The smallest absolute Gasteiger partial charge is 0.0678 e. The van der Waals surface area contributed by atoms with Gasteiger partial charge in [0.05, 0.1) is 13.2 Å². The summed E-state index contributed by atoms with van der Waals surface area (Å²) in [6.45, 7) is 8.96. The molecule has 0 aromatic heterocycles. The molecule has 0 aliphatic carbocycles. The number of rotatable bonds is 4. The summed E-state index contributed by atoms with van der Waals surface area (Å²) in [5.74, 6) is 0. The van der Waals surface area contributed by atoms with E-state index in [-0.39, 0.29) is 0 Å². The van der Waals surface area contributed by atoms with Crippen LogP contribution in [0.3, 0.4) is 0 Å². The van der Waals surface area contributed by atoms with Crippen molar-refractivity contribution in [1.29, 1.82) is 0 Å². The molecule has 1 nitrogen and oxygen atoms in total. The van der Waals surface area contributed by atoms with Gasteiger partial charge >= 0.3 is 0 Å². The summed E-state index contributed by atoms with van der Waals surface area (Å²) in [5.41, 5.74) is 1.26. The molecule has 0 aromatic carbocycles. The minimum absolute atomic E-state index is 0.644. The Morgan fingerprint density at radius 2 is 2.33 bits per heavy atom. The molecule has 9 heavy (non-hydrogen) atoms. The third-order valence-corrected chi connectivity index (χ3v) is 1.06. The Morgan fingerprint density at radius 3 is 2.78 bits per heavy atom. The van der Waals surface area contributed by atoms with Gasteiger partial charge in [0, 0.05) is 0 Å². The van der Waals surface area contributed by atoms with Crippen molar-refractivity contribution < 1.29 is 4.74 Å². The number of allylic oxidation sites excluding steroid dienone is 1. The molecule has 0 unspecified atom stereocenters. The van der Waals surface area contributed by atoms with Crippen LogP contribution in [0.4, 0.5) is 0 Å². The third-order valence-electron chi connectivity index (χ3n) is 1.06. The van der Waals surface area contributed by atoms with Crippen LogP contribution < -0.4 is 0 Å². The SMILES string of the molecule is C=CCOC/C(C)=C\C. The van der Waals surface area contributed by atoms with Gasteiger partial charge in [-0.2, -0.15) is 0 Å². The molecule has 0 bridgehead atoms. The van der Waals surface area contributed by atoms with Gasteiger partial charge in [0.15, 0.2) is 0 Å². The molecule has 0 rings (SSSR count). The van der Waals surface area contributed by atoms with E-state index in [0.29, 0.717) is 6.61 Å². The average molecular weight is 126 g/mol. The predicted molar refractivity (Wildman–Crippen MR) is 40.4 cm³/mol. The van der Waals surface area contributed by atoms with Gasteiger partial charge in [0.1, 0.15) is 0 Å². The lowest BCUT2D eigenvalue weighted by Gasteiger charge is -1.98. The molecule has 0 fully saturated rings. The minimum atomic E-state index is 0.644. The fourth-order valence-corrected chi connectivity index (χ4v) is 0.387. The second kappa shape index (κ2) is 5.57. The Bertz CT molecular complexity index is 103. The van der Waals surface area contributed by atoms with E-state index < -0.39 is 0 Å². The molecule has 0 aromatic rings. The Balaban J connectivity index is 3.17. The van der Waals surface area contributed by atoms with Gasteiger partial charge in [-0.05, 0) is 13.8 Å². The van der Waals surface area contributed by atoms with Gasteiger partial charge in [0.25, 0.3) is 0 Å². The molecule has 0 aliphatic heterocycles. The summed E-state index contributed by atoms with van der Waals surface area (Å²) >= 11 is 0. The van der Waals surface area contributed by atoms with Crippen molar-refractivity contribution in [3.05, 3.63) is 24.3 Å². The maximum absolute atomic E-state index is 5.15. The van der Waals surface area contributed by atoms with Crippen LogP contribution in [-0.4, -0.2) is 13.2 Å². The fourth-order valence-electron chi connectivity index (χ4n) is 0.387. The van der Waals surface area contributed by atoms with Gasteiger partial charge in [-0.15, -0.1) is 6.58 Å². The molecular weight excluding hydrogens is 112 g/mol. The average Bonchev–Trinajstić information content (AvgIpc) is 1.89. The summed E-state index contributed by atoms with van der Waals surface area (Å²) < 4.78 is 5.15. The Kier molecular flexibility index (Phi) is 5.23. The molecule has 0 amide bonds. The summed E-state index contributed by atoms with van der Waals surface area (Å²) in [5, 5.41) is 0. The van der Waals surface area contributed by atoms with Crippen molar-refractivity contribution in [2.45, 2.75) is 13.8 Å². The van der Waals surface area contributed by atoms with E-state index in [2.05, 4.69) is 6.58 Å². The molecule has 0 atom stereocenters. The first-order chi connectivity index (χ1) is 4.31. The lowest BCUT2D eigenvalue weighted by atomic mass is 10.3. The van der Waals surface area contributed by atoms with Crippen molar-refractivity contribution in [2.24, 2.45) is 0 Å². The lowest BCUT2D eigenvalue weighted by molar-refractivity contribution is 0.187. The van der Waals surface area contributed by atoms with Crippen LogP contribution >= 0.6 is 0 Å². The Hall–Kier alpha value is -0.560. The molecule has 52 valence electrons. The molecule has 0 radical (unpaired) electrons. The van der Waals surface area contributed by atoms with Gasteiger partial charge < -0.3 is 4.74 Å². The van der Waals surface area contributed by atoms with E-state index in [1.807, 2.05) is 19.9 Å². The zero-order valence-electron chi connectivity index (χ0n) is 6.18. The van der Waals surface area contributed by atoms with Gasteiger partial charge in [-0.3, -0.25) is 0 Å². The van der Waals surface area contributed by atoms with Crippen LogP contribution in [0.2, 0.25) is 0 Å². The second-order valence-electron chi connectivity index (χ2n) is 1.94. The van der Waals surface area contributed by atoms with Crippen molar-refractivity contribution >= 4 is 0 Å². The lowest BCUT2D eigenvalue weighted by Crippen LogP contribution is -1.94. The molecule has 1 heteroatoms. The highest BCUT2D eigenvalue weighted by Crippen LogP contribution is 1.91. The monoisotopic (exact) mass is 126 g/mol. The van der Waals surface area contributed by atoms with Gasteiger partial charge in [-0.25, -0.2) is 0 Å². The van der Waals surface area contributed by atoms with E-state index in [1.54, 1.807) is 6.08 Å². The zero-order chi connectivity index (χ0) is 7.11. The molecule has 0 aliphatic rings. The van der Waals surface area contributed by atoms with E-state index in [0.717, 1.165) is 6.61 Å². The van der Waals surface area contributed by atoms with Crippen LogP contribution in [0.1, 0.15) is 13.8 Å². The highest BCUT2D eigenvalue weighted by molar-refractivity contribution is 4.95. The number of ether oxygens (including phenoxy) is 1. The first-order valence-electron chi connectivity index (χ1n) is 3.11. The largest absolute Gasteiger partial charge is 0.373 e. The standard InChI is InChI=1S/C8H14O/c1-4-6-9-7-8(3)5-2/h4-5H,1,6-7H2,2-3H3/b8-5-. The van der Waals surface area contributed by atoms with E-state index in [4.69, 9.17) is 4.74 Å². The Labute approximate surface area is 57.0 Å². The zero-order valence-corrected chi connectivity index (χ0v) is 6.18. The summed E-state index contributed by atoms with van der Waals surface area (Å²) in [6, 6.07) is 0. The second-order valence-corrected chi connectivity index (χ2v) is 1.94.